The first-order valence-electron chi connectivity index (χ1n) is 4.35. The molecule has 0 fully saturated rings. The Bertz CT molecular complexity index is 337. The molecule has 1 rings (SSSR count). The molecule has 0 heterocycles. The highest BCUT2D eigenvalue weighted by Gasteiger charge is 2.04. The first kappa shape index (κ1) is 11.0. The van der Waals surface area contributed by atoms with Crippen LogP contribution in [-0.4, -0.2) is 30.2 Å². The molecule has 80 valence electrons. The number of anilines is 1. The molecular formula is C10H11NO4. The average molecular weight is 209 g/mol. The molecule has 5 nitrogen and oxygen atoms in total. The Morgan fingerprint density at radius 1 is 1.27 bits per heavy atom. The van der Waals surface area contributed by atoms with E-state index in [1.54, 1.807) is 12.1 Å². The highest BCUT2D eigenvalue weighted by atomic mass is 16.5. The molecule has 0 unspecified atom stereocenters. The molecule has 0 radical (unpaired) electrons. The summed E-state index contributed by atoms with van der Waals surface area (Å²) in [5.41, 5.74) is 0.782. The number of nitrogens with one attached hydrogen (secondary N) is 1. The third-order valence-electron chi connectivity index (χ3n) is 1.57. The number of benzene rings is 1. The van der Waals surface area contributed by atoms with Crippen LogP contribution in [0.1, 0.15) is 0 Å². The van der Waals surface area contributed by atoms with Gasteiger partial charge in [-0.1, -0.05) is 18.2 Å². The fourth-order valence-corrected chi connectivity index (χ4v) is 0.923. The van der Waals surface area contributed by atoms with Gasteiger partial charge in [0.15, 0.2) is 6.61 Å². The summed E-state index contributed by atoms with van der Waals surface area (Å²) >= 11 is 0. The van der Waals surface area contributed by atoms with E-state index in [-0.39, 0.29) is 6.54 Å². The summed E-state index contributed by atoms with van der Waals surface area (Å²) in [7, 11) is 0. The second-order valence-corrected chi connectivity index (χ2v) is 2.77. The van der Waals surface area contributed by atoms with Crippen LogP contribution in [-0.2, 0) is 14.3 Å². The number of aliphatic carboxylic acids is 1. The lowest BCUT2D eigenvalue weighted by Gasteiger charge is -2.05. The molecule has 5 heteroatoms. The number of para-hydroxylation sites is 1. The van der Waals surface area contributed by atoms with Crippen LogP contribution in [0.2, 0.25) is 0 Å². The Kier molecular flexibility index (Phi) is 4.15. The minimum absolute atomic E-state index is 0.0444. The number of rotatable bonds is 5. The summed E-state index contributed by atoms with van der Waals surface area (Å²) in [5.74, 6) is -1.76. The van der Waals surface area contributed by atoms with E-state index in [1.165, 1.54) is 0 Å². The molecule has 2 N–H and O–H groups in total. The van der Waals surface area contributed by atoms with Crippen molar-refractivity contribution >= 4 is 17.6 Å². The van der Waals surface area contributed by atoms with Crippen LogP contribution in [0.25, 0.3) is 0 Å². The highest BCUT2D eigenvalue weighted by Crippen LogP contribution is 2.03. The molecule has 0 amide bonds. The number of esters is 1. The van der Waals surface area contributed by atoms with Crippen LogP contribution in [0.4, 0.5) is 5.69 Å². The minimum Gasteiger partial charge on any atom is -0.479 e. The number of hydrogen-bond donors (Lipinski definition) is 2. The maximum Gasteiger partial charge on any atom is 0.341 e. The number of ether oxygens (including phenoxy) is 1. The van der Waals surface area contributed by atoms with E-state index in [2.05, 4.69) is 10.1 Å². The summed E-state index contributed by atoms with van der Waals surface area (Å²) in [6, 6.07) is 9.10. The number of carboxylic acid groups (broad SMARTS) is 1. The molecule has 0 aliphatic carbocycles. The largest absolute Gasteiger partial charge is 0.479 e. The van der Waals surface area contributed by atoms with Gasteiger partial charge in [0.25, 0.3) is 0 Å². The molecule has 0 bridgehead atoms. The maximum atomic E-state index is 11.0. The summed E-state index contributed by atoms with van der Waals surface area (Å²) in [5, 5.41) is 11.1. The summed E-state index contributed by atoms with van der Waals surface area (Å²) in [6.07, 6.45) is 0. The van der Waals surface area contributed by atoms with Crippen LogP contribution < -0.4 is 5.32 Å². The number of carbonyl (C=O) groups excluding carboxylic acids is 1. The number of hydrogen-bond acceptors (Lipinski definition) is 4. The topological polar surface area (TPSA) is 75.6 Å². The molecule has 0 aromatic heterocycles. The quantitative estimate of drug-likeness (QED) is 0.699. The zero-order chi connectivity index (χ0) is 11.1. The summed E-state index contributed by atoms with van der Waals surface area (Å²) in [6.45, 7) is -0.646. The fraction of sp³-hybridized carbons (Fsp3) is 0.200. The Morgan fingerprint density at radius 2 is 1.93 bits per heavy atom. The summed E-state index contributed by atoms with van der Waals surface area (Å²) < 4.78 is 4.42. The normalized spacial score (nSPS) is 9.33. The van der Waals surface area contributed by atoms with Gasteiger partial charge in [-0.2, -0.15) is 0 Å². The van der Waals surface area contributed by atoms with Crippen molar-refractivity contribution in [2.45, 2.75) is 0 Å². The molecular weight excluding hydrogens is 198 g/mol. The maximum absolute atomic E-state index is 11.0. The van der Waals surface area contributed by atoms with Gasteiger partial charge in [-0.3, -0.25) is 4.79 Å². The van der Waals surface area contributed by atoms with Crippen LogP contribution in [0.3, 0.4) is 0 Å². The first-order chi connectivity index (χ1) is 7.18. The van der Waals surface area contributed by atoms with E-state index in [0.717, 1.165) is 5.69 Å². The third-order valence-corrected chi connectivity index (χ3v) is 1.57. The predicted octanol–water partition coefficient (Wildman–Crippen LogP) is 0.726. The molecule has 15 heavy (non-hydrogen) atoms. The second-order valence-electron chi connectivity index (χ2n) is 2.77. The Morgan fingerprint density at radius 3 is 2.53 bits per heavy atom. The molecule has 0 saturated heterocycles. The second kappa shape index (κ2) is 5.64. The van der Waals surface area contributed by atoms with Crippen molar-refractivity contribution in [2.75, 3.05) is 18.5 Å². The Balaban J connectivity index is 2.26. The van der Waals surface area contributed by atoms with Crippen LogP contribution in [0.15, 0.2) is 30.3 Å². The molecule has 1 aromatic carbocycles. The Hall–Kier alpha value is -2.04. The average Bonchev–Trinajstić information content (AvgIpc) is 2.25. The van der Waals surface area contributed by atoms with Crippen molar-refractivity contribution in [1.29, 1.82) is 0 Å². The van der Waals surface area contributed by atoms with Crippen LogP contribution >= 0.6 is 0 Å². The van der Waals surface area contributed by atoms with Crippen LogP contribution in [0, 0.1) is 0 Å². The van der Waals surface area contributed by atoms with E-state index in [0.29, 0.717) is 0 Å². The number of carboxylic acids is 1. The zero-order valence-corrected chi connectivity index (χ0v) is 7.97. The molecule has 0 atom stereocenters. The zero-order valence-electron chi connectivity index (χ0n) is 7.97. The van der Waals surface area contributed by atoms with Crippen molar-refractivity contribution in [3.8, 4) is 0 Å². The van der Waals surface area contributed by atoms with Gasteiger partial charge in [0.05, 0.1) is 0 Å². The lowest BCUT2D eigenvalue weighted by molar-refractivity contribution is -0.153. The third kappa shape index (κ3) is 4.66. The first-order valence-corrected chi connectivity index (χ1v) is 4.35. The SMILES string of the molecule is O=C(O)COC(=O)CNc1ccccc1. The van der Waals surface area contributed by atoms with Crippen molar-refractivity contribution in [3.05, 3.63) is 30.3 Å². The van der Waals surface area contributed by atoms with Gasteiger partial charge in [0.2, 0.25) is 0 Å². The molecule has 0 aliphatic heterocycles. The smallest absolute Gasteiger partial charge is 0.341 e. The van der Waals surface area contributed by atoms with Gasteiger partial charge in [0, 0.05) is 5.69 Å². The summed E-state index contributed by atoms with van der Waals surface area (Å²) in [4.78, 5) is 21.1. The van der Waals surface area contributed by atoms with E-state index < -0.39 is 18.5 Å². The van der Waals surface area contributed by atoms with Gasteiger partial charge < -0.3 is 15.2 Å². The van der Waals surface area contributed by atoms with E-state index in [4.69, 9.17) is 5.11 Å². The lowest BCUT2D eigenvalue weighted by atomic mass is 10.3. The van der Waals surface area contributed by atoms with E-state index >= 15 is 0 Å². The van der Waals surface area contributed by atoms with E-state index in [9.17, 15) is 9.59 Å². The van der Waals surface area contributed by atoms with E-state index in [1.807, 2.05) is 18.2 Å². The molecule has 0 aliphatic rings. The van der Waals surface area contributed by atoms with Crippen LogP contribution in [0.5, 0.6) is 0 Å². The lowest BCUT2D eigenvalue weighted by Crippen LogP contribution is -2.20. The van der Waals surface area contributed by atoms with Gasteiger partial charge >= 0.3 is 11.9 Å². The van der Waals surface area contributed by atoms with Crippen molar-refractivity contribution in [1.82, 2.24) is 0 Å². The van der Waals surface area contributed by atoms with Crippen molar-refractivity contribution in [2.24, 2.45) is 0 Å². The standard InChI is InChI=1S/C10H11NO4/c12-9(13)7-15-10(14)6-11-8-4-2-1-3-5-8/h1-5,11H,6-7H2,(H,12,13). The van der Waals surface area contributed by atoms with Gasteiger partial charge in [-0.05, 0) is 12.1 Å². The van der Waals surface area contributed by atoms with Gasteiger partial charge in [-0.15, -0.1) is 0 Å². The van der Waals surface area contributed by atoms with Gasteiger partial charge in [-0.25, -0.2) is 4.79 Å². The minimum atomic E-state index is -1.16. The number of carbonyl (C=O) groups is 2. The molecule has 0 saturated carbocycles. The van der Waals surface area contributed by atoms with Crippen molar-refractivity contribution in [3.63, 3.8) is 0 Å². The molecule has 0 spiro atoms. The monoisotopic (exact) mass is 209 g/mol. The predicted molar refractivity (Wildman–Crippen MR) is 53.5 cm³/mol. The highest BCUT2D eigenvalue weighted by molar-refractivity contribution is 5.78. The fourth-order valence-electron chi connectivity index (χ4n) is 0.923. The Labute approximate surface area is 86.7 Å². The van der Waals surface area contributed by atoms with Gasteiger partial charge in [0.1, 0.15) is 6.54 Å². The molecule has 1 aromatic rings. The van der Waals surface area contributed by atoms with Crippen molar-refractivity contribution < 1.29 is 19.4 Å².